The molecule has 4 rings (SSSR count). The minimum absolute atomic E-state index is 0.197. The predicted octanol–water partition coefficient (Wildman–Crippen LogP) is 2.61. The van der Waals surface area contributed by atoms with E-state index < -0.39 is 15.8 Å². The third-order valence-corrected chi connectivity index (χ3v) is 6.84. The van der Waals surface area contributed by atoms with E-state index in [-0.39, 0.29) is 12.6 Å². The number of morpholine rings is 1. The Kier molecular flexibility index (Phi) is 4.03. The molecule has 1 aliphatic carbocycles. The average Bonchev–Trinajstić information content (AvgIpc) is 3.15. The monoisotopic (exact) mass is 349 g/mol. The molecular weight excluding hydrogens is 326 g/mol. The lowest BCUT2D eigenvalue weighted by Crippen LogP contribution is -2.52. The Morgan fingerprint density at radius 3 is 2.62 bits per heavy atom. The lowest BCUT2D eigenvalue weighted by molar-refractivity contribution is -0.156. The van der Waals surface area contributed by atoms with Crippen LogP contribution in [0, 0.1) is 6.92 Å². The molecule has 2 aliphatic heterocycles. The van der Waals surface area contributed by atoms with E-state index in [9.17, 15) is 8.42 Å². The summed E-state index contributed by atoms with van der Waals surface area (Å²) in [5, 5.41) is 0. The highest BCUT2D eigenvalue weighted by atomic mass is 32.2. The van der Waals surface area contributed by atoms with Crippen molar-refractivity contribution in [2.75, 3.05) is 19.7 Å². The minimum atomic E-state index is -3.53. The maximum Gasteiger partial charge on any atom is 0.243 e. The van der Waals surface area contributed by atoms with Crippen molar-refractivity contribution in [2.45, 2.75) is 49.4 Å². The number of ether oxygens (including phenoxy) is 2. The van der Waals surface area contributed by atoms with E-state index in [1.807, 2.05) is 25.1 Å². The maximum absolute atomic E-state index is 13.0. The first kappa shape index (κ1) is 16.3. The van der Waals surface area contributed by atoms with Gasteiger partial charge >= 0.3 is 0 Å². The number of aryl methyl sites for hydroxylation is 1. The molecule has 1 saturated carbocycles. The van der Waals surface area contributed by atoms with Crippen LogP contribution in [0.25, 0.3) is 0 Å². The molecule has 6 heteroatoms. The number of allylic oxidation sites excluding steroid dienone is 1. The van der Waals surface area contributed by atoms with Gasteiger partial charge in [-0.2, -0.15) is 4.31 Å². The molecule has 0 radical (unpaired) electrons. The molecule has 3 aliphatic rings. The van der Waals surface area contributed by atoms with E-state index in [0.29, 0.717) is 18.0 Å². The van der Waals surface area contributed by atoms with Crippen LogP contribution in [0.2, 0.25) is 0 Å². The largest absolute Gasteiger partial charge is 0.342 e. The van der Waals surface area contributed by atoms with Gasteiger partial charge in [-0.1, -0.05) is 23.3 Å². The normalized spacial score (nSPS) is 30.7. The fourth-order valence-electron chi connectivity index (χ4n) is 3.74. The summed E-state index contributed by atoms with van der Waals surface area (Å²) in [4.78, 5) is 0.332. The predicted molar refractivity (Wildman–Crippen MR) is 90.0 cm³/mol. The molecule has 2 atom stereocenters. The number of hydrogen-bond acceptors (Lipinski definition) is 4. The van der Waals surface area contributed by atoms with Crippen LogP contribution in [0.4, 0.5) is 0 Å². The summed E-state index contributed by atoms with van der Waals surface area (Å²) in [5.41, 5.74) is 2.37. The second-order valence-corrected chi connectivity index (χ2v) is 8.92. The molecule has 2 bridgehead atoms. The van der Waals surface area contributed by atoms with Crippen LogP contribution in [-0.4, -0.2) is 44.3 Å². The quantitative estimate of drug-likeness (QED) is 0.787. The summed E-state index contributed by atoms with van der Waals surface area (Å²) in [6.45, 7) is 2.97. The van der Waals surface area contributed by atoms with Crippen LogP contribution in [0.5, 0.6) is 0 Å². The average molecular weight is 349 g/mol. The maximum atomic E-state index is 13.0. The third-order valence-electron chi connectivity index (χ3n) is 5.01. The van der Waals surface area contributed by atoms with Gasteiger partial charge in [0.1, 0.15) is 0 Å². The van der Waals surface area contributed by atoms with Gasteiger partial charge in [0.15, 0.2) is 0 Å². The molecular formula is C18H23NO4S. The highest BCUT2D eigenvalue weighted by Gasteiger charge is 2.49. The van der Waals surface area contributed by atoms with Gasteiger partial charge in [0.2, 0.25) is 15.8 Å². The Balaban J connectivity index is 1.62. The van der Waals surface area contributed by atoms with E-state index in [1.54, 1.807) is 12.1 Å². The molecule has 1 aromatic carbocycles. The van der Waals surface area contributed by atoms with Gasteiger partial charge in [-0.3, -0.25) is 0 Å². The molecule has 2 heterocycles. The molecule has 1 aromatic rings. The minimum Gasteiger partial charge on any atom is -0.342 e. The standard InChI is InChI=1S/C18H23NO4S/c1-14-6-8-17(9-7-14)24(20,21)19-11-16-12-22-18(13-19,23-16)10-15-4-2-3-5-15/h6-10,16H,2-5,11-13H2,1H3. The van der Waals surface area contributed by atoms with Crippen LogP contribution >= 0.6 is 0 Å². The number of rotatable bonds is 3. The van der Waals surface area contributed by atoms with Gasteiger partial charge in [-0.15, -0.1) is 0 Å². The number of hydrogen-bond donors (Lipinski definition) is 0. The van der Waals surface area contributed by atoms with Gasteiger partial charge in [0, 0.05) is 6.54 Å². The molecule has 5 nitrogen and oxygen atoms in total. The molecule has 24 heavy (non-hydrogen) atoms. The zero-order chi connectivity index (χ0) is 16.8. The third kappa shape index (κ3) is 2.92. The summed E-state index contributed by atoms with van der Waals surface area (Å²) in [7, 11) is -3.53. The molecule has 2 unspecified atom stereocenters. The number of fused-ring (bicyclic) bond motifs is 2. The van der Waals surface area contributed by atoms with Crippen molar-refractivity contribution in [3.05, 3.63) is 41.5 Å². The fourth-order valence-corrected chi connectivity index (χ4v) is 5.23. The van der Waals surface area contributed by atoms with Crippen molar-refractivity contribution in [2.24, 2.45) is 0 Å². The Morgan fingerprint density at radius 1 is 1.21 bits per heavy atom. The van der Waals surface area contributed by atoms with Gasteiger partial charge < -0.3 is 9.47 Å². The summed E-state index contributed by atoms with van der Waals surface area (Å²) in [6.07, 6.45) is 6.34. The van der Waals surface area contributed by atoms with Gasteiger partial charge in [0.25, 0.3) is 0 Å². The Hall–Kier alpha value is -1.21. The van der Waals surface area contributed by atoms with Crippen molar-refractivity contribution < 1.29 is 17.9 Å². The molecule has 130 valence electrons. The first-order valence-corrected chi connectivity index (χ1v) is 10.0. The summed E-state index contributed by atoms with van der Waals surface area (Å²) < 4.78 is 39.4. The van der Waals surface area contributed by atoms with Gasteiger partial charge in [0.05, 0.1) is 24.2 Å². The first-order valence-electron chi connectivity index (χ1n) is 8.56. The topological polar surface area (TPSA) is 55.8 Å². The summed E-state index contributed by atoms with van der Waals surface area (Å²) >= 11 is 0. The van der Waals surface area contributed by atoms with Gasteiger partial charge in [-0.25, -0.2) is 8.42 Å². The summed E-state index contributed by atoms with van der Waals surface area (Å²) in [5.74, 6) is -0.902. The Morgan fingerprint density at radius 2 is 1.92 bits per heavy atom. The highest BCUT2D eigenvalue weighted by molar-refractivity contribution is 7.89. The molecule has 0 aromatic heterocycles. The van der Waals surface area contributed by atoms with Crippen LogP contribution in [0.15, 0.2) is 40.8 Å². The van der Waals surface area contributed by atoms with E-state index in [0.717, 1.165) is 18.4 Å². The number of benzene rings is 1. The van der Waals surface area contributed by atoms with E-state index in [1.165, 1.54) is 22.7 Å². The number of sulfonamides is 1. The van der Waals surface area contributed by atoms with E-state index >= 15 is 0 Å². The molecule has 2 saturated heterocycles. The second kappa shape index (κ2) is 5.95. The smallest absolute Gasteiger partial charge is 0.243 e. The molecule has 0 N–H and O–H groups in total. The second-order valence-electron chi connectivity index (χ2n) is 6.98. The van der Waals surface area contributed by atoms with Crippen molar-refractivity contribution in [3.8, 4) is 0 Å². The zero-order valence-corrected chi connectivity index (χ0v) is 14.7. The molecule has 0 amide bonds. The molecule has 3 fully saturated rings. The zero-order valence-electron chi connectivity index (χ0n) is 13.9. The highest BCUT2D eigenvalue weighted by Crippen LogP contribution is 2.37. The van der Waals surface area contributed by atoms with Crippen LogP contribution in [0.1, 0.15) is 31.2 Å². The van der Waals surface area contributed by atoms with E-state index in [2.05, 4.69) is 0 Å². The van der Waals surface area contributed by atoms with Gasteiger partial charge in [-0.05, 0) is 50.8 Å². The fraction of sp³-hybridized carbons (Fsp3) is 0.556. The lowest BCUT2D eigenvalue weighted by atomic mass is 10.1. The SMILES string of the molecule is Cc1ccc(S(=O)(=O)N2CC3COC(C=C4CCCC4)(C2)O3)cc1. The van der Waals surface area contributed by atoms with Crippen molar-refractivity contribution in [1.82, 2.24) is 4.31 Å². The lowest BCUT2D eigenvalue weighted by Gasteiger charge is -2.36. The Bertz CT molecular complexity index is 748. The van der Waals surface area contributed by atoms with Crippen molar-refractivity contribution in [1.29, 1.82) is 0 Å². The van der Waals surface area contributed by atoms with Crippen LogP contribution in [-0.2, 0) is 19.5 Å². The first-order chi connectivity index (χ1) is 11.5. The van der Waals surface area contributed by atoms with E-state index in [4.69, 9.17) is 9.47 Å². The Labute approximate surface area is 143 Å². The van der Waals surface area contributed by atoms with Crippen LogP contribution in [0.3, 0.4) is 0 Å². The summed E-state index contributed by atoms with van der Waals surface area (Å²) in [6, 6.07) is 7.00. The van der Waals surface area contributed by atoms with Crippen molar-refractivity contribution >= 4 is 10.0 Å². The number of nitrogens with zero attached hydrogens (tertiary/aromatic N) is 1. The van der Waals surface area contributed by atoms with Crippen molar-refractivity contribution in [3.63, 3.8) is 0 Å². The molecule has 0 spiro atoms. The van der Waals surface area contributed by atoms with Crippen LogP contribution < -0.4 is 0 Å².